The normalized spacial score (nSPS) is 11.5. The first-order valence-corrected chi connectivity index (χ1v) is 5.45. The molecular weight excluding hydrogens is 206 g/mol. The van der Waals surface area contributed by atoms with Crippen LogP contribution in [0.3, 0.4) is 0 Å². The van der Waals surface area contributed by atoms with E-state index in [1.54, 1.807) is 0 Å². The third kappa shape index (κ3) is 2.44. The minimum absolute atomic E-state index is 0.0728. The second-order valence-corrected chi connectivity index (χ2v) is 4.32. The highest BCUT2D eigenvalue weighted by atomic mass is 32.2. The van der Waals surface area contributed by atoms with Gasteiger partial charge in [-0.3, -0.25) is 0 Å². The number of sulfonamides is 1. The fourth-order valence-electron chi connectivity index (χ4n) is 0.942. The van der Waals surface area contributed by atoms with Crippen LogP contribution < -0.4 is 4.72 Å². The molecule has 0 aliphatic rings. The standard InChI is InChI=1S/C8H11NO4S/c10-6-5-9-14(12,13)8-4-2-1-3-7(8)11/h1-4,9-11H,5-6H2. The molecule has 0 amide bonds. The number of aliphatic hydroxyl groups is 1. The van der Waals surface area contributed by atoms with Crippen molar-refractivity contribution < 1.29 is 18.6 Å². The topological polar surface area (TPSA) is 86.6 Å². The molecule has 0 atom stereocenters. The van der Waals surface area contributed by atoms with E-state index in [0.717, 1.165) is 0 Å². The van der Waals surface area contributed by atoms with Gasteiger partial charge in [-0.15, -0.1) is 0 Å². The van der Waals surface area contributed by atoms with E-state index in [1.807, 2.05) is 0 Å². The van der Waals surface area contributed by atoms with E-state index < -0.39 is 10.0 Å². The Bertz CT molecular complexity index is 402. The molecule has 0 radical (unpaired) electrons. The SMILES string of the molecule is O=S(=O)(NCCO)c1ccccc1O. The lowest BCUT2D eigenvalue weighted by atomic mass is 10.3. The highest BCUT2D eigenvalue weighted by Gasteiger charge is 2.16. The molecule has 0 aliphatic heterocycles. The van der Waals surface area contributed by atoms with Crippen LogP contribution in [0, 0.1) is 0 Å². The van der Waals surface area contributed by atoms with E-state index in [9.17, 15) is 13.5 Å². The van der Waals surface area contributed by atoms with Gasteiger partial charge in [-0.2, -0.15) is 0 Å². The number of aliphatic hydroxyl groups excluding tert-OH is 1. The van der Waals surface area contributed by atoms with Crippen LogP contribution in [0.15, 0.2) is 29.2 Å². The molecule has 0 aromatic heterocycles. The van der Waals surface area contributed by atoms with E-state index in [4.69, 9.17) is 5.11 Å². The predicted octanol–water partition coefficient (Wildman–Crippen LogP) is -0.337. The second-order valence-electron chi connectivity index (χ2n) is 2.59. The lowest BCUT2D eigenvalue weighted by Crippen LogP contribution is -2.26. The summed E-state index contributed by atoms with van der Waals surface area (Å²) >= 11 is 0. The maximum atomic E-state index is 11.4. The van der Waals surface area contributed by atoms with Crippen molar-refractivity contribution in [1.29, 1.82) is 0 Å². The van der Waals surface area contributed by atoms with Crippen LogP contribution in [0.25, 0.3) is 0 Å². The number of aromatic hydroxyl groups is 1. The lowest BCUT2D eigenvalue weighted by molar-refractivity contribution is 0.301. The molecule has 0 unspecified atom stereocenters. The number of nitrogens with one attached hydrogen (secondary N) is 1. The summed E-state index contributed by atoms with van der Waals surface area (Å²) in [5, 5.41) is 17.7. The summed E-state index contributed by atoms with van der Waals surface area (Å²) in [5.41, 5.74) is 0. The third-order valence-electron chi connectivity index (χ3n) is 1.56. The molecule has 1 aromatic rings. The Morgan fingerprint density at radius 1 is 1.29 bits per heavy atom. The lowest BCUT2D eigenvalue weighted by Gasteiger charge is -2.06. The molecule has 0 spiro atoms. The van der Waals surface area contributed by atoms with Crippen molar-refractivity contribution in [2.24, 2.45) is 0 Å². The van der Waals surface area contributed by atoms with E-state index >= 15 is 0 Å². The van der Waals surface area contributed by atoms with Crippen molar-refractivity contribution in [2.45, 2.75) is 4.90 Å². The monoisotopic (exact) mass is 217 g/mol. The third-order valence-corrected chi connectivity index (χ3v) is 3.07. The van der Waals surface area contributed by atoms with Gasteiger partial charge in [-0.1, -0.05) is 12.1 Å². The number of benzene rings is 1. The molecule has 5 nitrogen and oxygen atoms in total. The van der Waals surface area contributed by atoms with Crippen LogP contribution in [-0.2, 0) is 10.0 Å². The summed E-state index contributed by atoms with van der Waals surface area (Å²) in [6, 6.07) is 5.61. The van der Waals surface area contributed by atoms with Crippen LogP contribution in [0.2, 0.25) is 0 Å². The van der Waals surface area contributed by atoms with Crippen molar-refractivity contribution in [3.63, 3.8) is 0 Å². The van der Waals surface area contributed by atoms with E-state index in [1.165, 1.54) is 24.3 Å². The smallest absolute Gasteiger partial charge is 0.244 e. The van der Waals surface area contributed by atoms with Crippen LogP contribution in [0.1, 0.15) is 0 Å². The van der Waals surface area contributed by atoms with Gasteiger partial charge < -0.3 is 10.2 Å². The van der Waals surface area contributed by atoms with Crippen LogP contribution in [0.4, 0.5) is 0 Å². The zero-order valence-electron chi connectivity index (χ0n) is 7.34. The Labute approximate surface area is 82.1 Å². The summed E-state index contributed by atoms with van der Waals surface area (Å²) in [7, 11) is -3.71. The first-order valence-electron chi connectivity index (χ1n) is 3.96. The molecule has 1 rings (SSSR count). The number of para-hydroxylation sites is 1. The molecule has 0 aliphatic carbocycles. The average Bonchev–Trinajstić information content (AvgIpc) is 2.15. The van der Waals surface area contributed by atoms with Crippen LogP contribution in [-0.4, -0.2) is 31.8 Å². The molecular formula is C8H11NO4S. The fourth-order valence-corrected chi connectivity index (χ4v) is 2.06. The van der Waals surface area contributed by atoms with E-state index in [0.29, 0.717) is 0 Å². The number of phenols is 1. The molecule has 0 heterocycles. The number of phenolic OH excluding ortho intramolecular Hbond substituents is 1. The van der Waals surface area contributed by atoms with Gasteiger partial charge in [-0.05, 0) is 12.1 Å². The van der Waals surface area contributed by atoms with Gasteiger partial charge in [0.2, 0.25) is 10.0 Å². The Balaban J connectivity index is 2.99. The van der Waals surface area contributed by atoms with Crippen molar-refractivity contribution in [3.8, 4) is 5.75 Å². The Kier molecular flexibility index (Phi) is 3.45. The predicted molar refractivity (Wildman–Crippen MR) is 50.4 cm³/mol. The number of hydrogen-bond acceptors (Lipinski definition) is 4. The van der Waals surface area contributed by atoms with Gasteiger partial charge in [-0.25, -0.2) is 13.1 Å². The molecule has 0 saturated carbocycles. The molecule has 0 saturated heterocycles. The summed E-state index contributed by atoms with van der Waals surface area (Å²) in [4.78, 5) is -0.187. The van der Waals surface area contributed by atoms with Gasteiger partial charge >= 0.3 is 0 Å². The molecule has 6 heteroatoms. The Morgan fingerprint density at radius 2 is 1.93 bits per heavy atom. The maximum absolute atomic E-state index is 11.4. The van der Waals surface area contributed by atoms with E-state index in [-0.39, 0.29) is 23.8 Å². The molecule has 0 fully saturated rings. The Morgan fingerprint density at radius 3 is 2.50 bits per heavy atom. The molecule has 0 bridgehead atoms. The quantitative estimate of drug-likeness (QED) is 0.644. The zero-order valence-corrected chi connectivity index (χ0v) is 8.16. The van der Waals surface area contributed by atoms with Gasteiger partial charge in [0.05, 0.1) is 6.61 Å². The first-order chi connectivity index (χ1) is 6.58. The molecule has 14 heavy (non-hydrogen) atoms. The molecule has 3 N–H and O–H groups in total. The average molecular weight is 217 g/mol. The largest absolute Gasteiger partial charge is 0.507 e. The second kappa shape index (κ2) is 4.41. The van der Waals surface area contributed by atoms with Crippen LogP contribution in [0.5, 0.6) is 5.75 Å². The fraction of sp³-hybridized carbons (Fsp3) is 0.250. The minimum Gasteiger partial charge on any atom is -0.507 e. The van der Waals surface area contributed by atoms with Crippen molar-refractivity contribution in [1.82, 2.24) is 4.72 Å². The van der Waals surface area contributed by atoms with Gasteiger partial charge in [0.15, 0.2) is 0 Å². The molecule has 78 valence electrons. The number of hydrogen-bond donors (Lipinski definition) is 3. The summed E-state index contributed by atoms with van der Waals surface area (Å²) < 4.78 is 25.0. The van der Waals surface area contributed by atoms with Gasteiger partial charge in [0.25, 0.3) is 0 Å². The zero-order chi connectivity index (χ0) is 10.6. The van der Waals surface area contributed by atoms with Crippen molar-refractivity contribution >= 4 is 10.0 Å². The van der Waals surface area contributed by atoms with Gasteiger partial charge in [0.1, 0.15) is 10.6 Å². The number of rotatable bonds is 4. The molecule has 1 aromatic carbocycles. The van der Waals surface area contributed by atoms with Crippen molar-refractivity contribution in [3.05, 3.63) is 24.3 Å². The van der Waals surface area contributed by atoms with Crippen molar-refractivity contribution in [2.75, 3.05) is 13.2 Å². The summed E-state index contributed by atoms with van der Waals surface area (Å²) in [5.74, 6) is -0.307. The van der Waals surface area contributed by atoms with Gasteiger partial charge in [0, 0.05) is 6.54 Å². The Hall–Kier alpha value is -1.11. The highest BCUT2D eigenvalue weighted by Crippen LogP contribution is 2.20. The summed E-state index contributed by atoms with van der Waals surface area (Å²) in [6.07, 6.45) is 0. The minimum atomic E-state index is -3.71. The maximum Gasteiger partial charge on any atom is 0.244 e. The van der Waals surface area contributed by atoms with Crippen LogP contribution >= 0.6 is 0 Å². The summed E-state index contributed by atoms with van der Waals surface area (Å²) in [6.45, 7) is -0.358. The first kappa shape index (κ1) is 11.0. The highest BCUT2D eigenvalue weighted by molar-refractivity contribution is 7.89. The van der Waals surface area contributed by atoms with E-state index in [2.05, 4.69) is 4.72 Å².